The predicted molar refractivity (Wildman–Crippen MR) is 72.4 cm³/mol. The maximum absolute atomic E-state index is 12.2. The molecule has 2 aliphatic heterocycles. The van der Waals surface area contributed by atoms with Crippen LogP contribution in [0.2, 0.25) is 0 Å². The third-order valence-corrected chi connectivity index (χ3v) is 4.51. The van der Waals surface area contributed by atoms with Crippen LogP contribution in [0.25, 0.3) is 0 Å². The van der Waals surface area contributed by atoms with E-state index in [-0.39, 0.29) is 6.04 Å². The molecular formula is C12H23N3OS. The Hall–Kier alpha value is -0.260. The molecule has 17 heavy (non-hydrogen) atoms. The molecule has 0 bridgehead atoms. The first kappa shape index (κ1) is 13.2. The molecule has 1 amide bonds. The van der Waals surface area contributed by atoms with Gasteiger partial charge in [-0.3, -0.25) is 9.69 Å². The van der Waals surface area contributed by atoms with Gasteiger partial charge in [0.05, 0.1) is 6.04 Å². The fourth-order valence-corrected chi connectivity index (χ4v) is 3.38. The van der Waals surface area contributed by atoms with Crippen LogP contribution in [-0.2, 0) is 4.79 Å². The topological polar surface area (TPSA) is 35.6 Å². The van der Waals surface area contributed by atoms with Crippen LogP contribution in [0.1, 0.15) is 13.3 Å². The van der Waals surface area contributed by atoms with Gasteiger partial charge in [-0.25, -0.2) is 0 Å². The molecule has 0 radical (unpaired) electrons. The number of piperazine rings is 1. The number of carbonyl (C=O) groups is 1. The monoisotopic (exact) mass is 257 g/mol. The van der Waals surface area contributed by atoms with Crippen LogP contribution < -0.4 is 5.32 Å². The molecule has 98 valence electrons. The molecule has 0 saturated carbocycles. The highest BCUT2D eigenvalue weighted by molar-refractivity contribution is 7.99. The first-order valence-corrected chi connectivity index (χ1v) is 7.79. The van der Waals surface area contributed by atoms with Gasteiger partial charge in [0.1, 0.15) is 0 Å². The van der Waals surface area contributed by atoms with Crippen LogP contribution in [0.5, 0.6) is 0 Å². The third-order valence-electron chi connectivity index (χ3n) is 3.44. The molecule has 4 nitrogen and oxygen atoms in total. The second-order valence-corrected chi connectivity index (χ2v) is 5.90. The van der Waals surface area contributed by atoms with Crippen LogP contribution in [0, 0.1) is 0 Å². The normalized spacial score (nSPS) is 27.1. The van der Waals surface area contributed by atoms with Crippen LogP contribution in [0.15, 0.2) is 0 Å². The predicted octanol–water partition coefficient (Wildman–Crippen LogP) is 0.246. The minimum absolute atomic E-state index is 0.0616. The molecule has 2 heterocycles. The van der Waals surface area contributed by atoms with Gasteiger partial charge in [0.2, 0.25) is 5.91 Å². The van der Waals surface area contributed by atoms with Crippen LogP contribution >= 0.6 is 11.8 Å². The standard InChI is InChI=1S/C12H23N3OS/c1-2-4-14-5-7-15(8-6-14)12(16)11-10-17-9-3-13-11/h11,13H,2-10H2,1H3. The number of amides is 1. The Balaban J connectivity index is 1.77. The van der Waals surface area contributed by atoms with E-state index in [1.165, 1.54) is 13.0 Å². The van der Waals surface area contributed by atoms with E-state index in [0.29, 0.717) is 5.91 Å². The molecule has 0 aliphatic carbocycles. The zero-order chi connectivity index (χ0) is 12.1. The Morgan fingerprint density at radius 1 is 1.35 bits per heavy atom. The smallest absolute Gasteiger partial charge is 0.240 e. The molecule has 2 fully saturated rings. The molecule has 2 aliphatic rings. The van der Waals surface area contributed by atoms with Gasteiger partial charge in [0.25, 0.3) is 0 Å². The molecule has 0 aromatic rings. The maximum atomic E-state index is 12.2. The number of rotatable bonds is 3. The van der Waals surface area contributed by atoms with E-state index in [1.807, 2.05) is 16.7 Å². The number of thioether (sulfide) groups is 1. The lowest BCUT2D eigenvalue weighted by atomic mass is 10.2. The van der Waals surface area contributed by atoms with Crippen molar-refractivity contribution in [1.82, 2.24) is 15.1 Å². The van der Waals surface area contributed by atoms with E-state index >= 15 is 0 Å². The Labute approximate surface area is 108 Å². The van der Waals surface area contributed by atoms with Gasteiger partial charge in [0.15, 0.2) is 0 Å². The SMILES string of the molecule is CCCN1CCN(C(=O)C2CSCCN2)CC1. The Morgan fingerprint density at radius 3 is 2.71 bits per heavy atom. The molecule has 0 spiro atoms. The molecule has 0 aromatic carbocycles. The number of carbonyl (C=O) groups excluding carboxylic acids is 1. The molecule has 2 saturated heterocycles. The van der Waals surface area contributed by atoms with Gasteiger partial charge >= 0.3 is 0 Å². The summed E-state index contributed by atoms with van der Waals surface area (Å²) >= 11 is 1.88. The summed E-state index contributed by atoms with van der Waals surface area (Å²) in [6.07, 6.45) is 1.20. The van der Waals surface area contributed by atoms with E-state index in [4.69, 9.17) is 0 Å². The first-order valence-electron chi connectivity index (χ1n) is 6.63. The average Bonchev–Trinajstić information content (AvgIpc) is 2.40. The van der Waals surface area contributed by atoms with Crippen LogP contribution in [-0.4, -0.2) is 72.5 Å². The fraction of sp³-hybridized carbons (Fsp3) is 0.917. The summed E-state index contributed by atoms with van der Waals surface area (Å²) in [5, 5.41) is 3.33. The molecule has 5 heteroatoms. The van der Waals surface area contributed by atoms with Crippen molar-refractivity contribution in [3.63, 3.8) is 0 Å². The van der Waals surface area contributed by atoms with Crippen molar-refractivity contribution in [2.24, 2.45) is 0 Å². The van der Waals surface area contributed by atoms with Gasteiger partial charge in [-0.15, -0.1) is 0 Å². The molecular weight excluding hydrogens is 234 g/mol. The molecule has 1 unspecified atom stereocenters. The Morgan fingerprint density at radius 2 is 2.12 bits per heavy atom. The van der Waals surface area contributed by atoms with Gasteiger partial charge in [-0.1, -0.05) is 6.92 Å². The van der Waals surface area contributed by atoms with Gasteiger partial charge in [0, 0.05) is 44.2 Å². The van der Waals surface area contributed by atoms with Gasteiger partial charge in [-0.05, 0) is 13.0 Å². The lowest BCUT2D eigenvalue weighted by Gasteiger charge is -2.37. The molecule has 1 N–H and O–H groups in total. The summed E-state index contributed by atoms with van der Waals surface area (Å²) in [7, 11) is 0. The number of hydrogen-bond donors (Lipinski definition) is 1. The molecule has 2 rings (SSSR count). The largest absolute Gasteiger partial charge is 0.339 e. The fourth-order valence-electron chi connectivity index (χ4n) is 2.45. The summed E-state index contributed by atoms with van der Waals surface area (Å²) in [6, 6.07) is 0.0616. The zero-order valence-corrected chi connectivity index (χ0v) is 11.5. The van der Waals surface area contributed by atoms with Crippen molar-refractivity contribution >= 4 is 17.7 Å². The van der Waals surface area contributed by atoms with Crippen LogP contribution in [0.3, 0.4) is 0 Å². The number of nitrogens with one attached hydrogen (secondary N) is 1. The minimum Gasteiger partial charge on any atom is -0.339 e. The summed E-state index contributed by atoms with van der Waals surface area (Å²) in [5.74, 6) is 2.38. The Kier molecular flexibility index (Phi) is 5.13. The summed E-state index contributed by atoms with van der Waals surface area (Å²) in [6.45, 7) is 8.24. The second kappa shape index (κ2) is 6.61. The highest BCUT2D eigenvalue weighted by atomic mass is 32.2. The molecule has 0 aromatic heterocycles. The van der Waals surface area contributed by atoms with Crippen molar-refractivity contribution in [1.29, 1.82) is 0 Å². The summed E-state index contributed by atoms with van der Waals surface area (Å²) in [5.41, 5.74) is 0. The third kappa shape index (κ3) is 3.60. The summed E-state index contributed by atoms with van der Waals surface area (Å²) < 4.78 is 0. The maximum Gasteiger partial charge on any atom is 0.240 e. The van der Waals surface area contributed by atoms with Crippen molar-refractivity contribution in [3.8, 4) is 0 Å². The van der Waals surface area contributed by atoms with Gasteiger partial charge < -0.3 is 10.2 Å². The van der Waals surface area contributed by atoms with E-state index < -0.39 is 0 Å². The highest BCUT2D eigenvalue weighted by Gasteiger charge is 2.28. The van der Waals surface area contributed by atoms with Gasteiger partial charge in [-0.2, -0.15) is 11.8 Å². The van der Waals surface area contributed by atoms with Crippen molar-refractivity contribution in [2.75, 3.05) is 50.8 Å². The van der Waals surface area contributed by atoms with Crippen molar-refractivity contribution < 1.29 is 4.79 Å². The van der Waals surface area contributed by atoms with E-state index in [0.717, 1.165) is 44.2 Å². The minimum atomic E-state index is 0.0616. The number of nitrogens with zero attached hydrogens (tertiary/aromatic N) is 2. The van der Waals surface area contributed by atoms with Crippen molar-refractivity contribution in [3.05, 3.63) is 0 Å². The van der Waals surface area contributed by atoms with E-state index in [2.05, 4.69) is 17.1 Å². The van der Waals surface area contributed by atoms with Crippen LogP contribution in [0.4, 0.5) is 0 Å². The lowest BCUT2D eigenvalue weighted by molar-refractivity contribution is -0.134. The van der Waals surface area contributed by atoms with Crippen molar-refractivity contribution in [2.45, 2.75) is 19.4 Å². The van der Waals surface area contributed by atoms with E-state index in [1.54, 1.807) is 0 Å². The Bertz CT molecular complexity index is 248. The second-order valence-electron chi connectivity index (χ2n) is 4.75. The number of hydrogen-bond acceptors (Lipinski definition) is 4. The lowest BCUT2D eigenvalue weighted by Crippen LogP contribution is -2.56. The van der Waals surface area contributed by atoms with E-state index in [9.17, 15) is 4.79 Å². The quantitative estimate of drug-likeness (QED) is 0.786. The summed E-state index contributed by atoms with van der Waals surface area (Å²) in [4.78, 5) is 16.7. The first-order chi connectivity index (χ1) is 8.31. The highest BCUT2D eigenvalue weighted by Crippen LogP contribution is 2.11. The zero-order valence-electron chi connectivity index (χ0n) is 10.7. The average molecular weight is 257 g/mol. The molecule has 1 atom stereocenters.